The Morgan fingerprint density at radius 1 is 1.28 bits per heavy atom. The maximum atomic E-state index is 11.8. The normalized spacial score (nSPS) is 10.9. The number of ether oxygens (including phenoxy) is 1. The number of hydrogen-bond acceptors (Lipinski definition) is 6. The second-order valence-electron chi connectivity index (χ2n) is 5.32. The molecule has 0 aliphatic heterocycles. The summed E-state index contributed by atoms with van der Waals surface area (Å²) in [6.07, 6.45) is 2.05. The second-order valence-corrected chi connectivity index (χ2v) is 7.43. The van der Waals surface area contributed by atoms with E-state index in [9.17, 15) is 4.79 Å². The molecule has 1 N–H and O–H groups in total. The van der Waals surface area contributed by atoms with E-state index in [4.69, 9.17) is 4.74 Å². The number of fused-ring (bicyclic) bond motifs is 1. The number of thiophene rings is 1. The maximum Gasteiger partial charge on any atom is 0.220 e. The highest BCUT2D eigenvalue weighted by molar-refractivity contribution is 7.99. The zero-order chi connectivity index (χ0) is 17.5. The summed E-state index contributed by atoms with van der Waals surface area (Å²) >= 11 is 3.25. The van der Waals surface area contributed by atoms with Gasteiger partial charge in [-0.2, -0.15) is 0 Å². The maximum absolute atomic E-state index is 11.8. The van der Waals surface area contributed by atoms with Gasteiger partial charge < -0.3 is 10.1 Å². The van der Waals surface area contributed by atoms with E-state index >= 15 is 0 Å². The lowest BCUT2D eigenvalue weighted by Crippen LogP contribution is -2.27. The van der Waals surface area contributed by atoms with Gasteiger partial charge in [0.15, 0.2) is 0 Å². The van der Waals surface area contributed by atoms with Crippen LogP contribution in [0, 0.1) is 0 Å². The summed E-state index contributed by atoms with van der Waals surface area (Å²) in [6.45, 7) is 1.07. The smallest absolute Gasteiger partial charge is 0.220 e. The molecule has 3 rings (SSSR count). The number of methoxy groups -OCH3 is 1. The van der Waals surface area contributed by atoms with Crippen LogP contribution in [0.15, 0.2) is 47.8 Å². The number of nitrogens with zero attached hydrogens (tertiary/aromatic N) is 2. The standard InChI is InChI=1S/C18H19N3O2S2/c1-23-9-8-19-16(22)7-10-24-17-14-11-15(13-5-3-2-4-6-13)25-18(14)21-12-20-17/h2-6,11-12H,7-10H2,1H3,(H,19,22). The highest BCUT2D eigenvalue weighted by Gasteiger charge is 2.11. The predicted molar refractivity (Wildman–Crippen MR) is 103 cm³/mol. The van der Waals surface area contributed by atoms with Gasteiger partial charge in [0.05, 0.1) is 6.61 Å². The molecule has 0 spiro atoms. The molecular weight excluding hydrogens is 354 g/mol. The summed E-state index contributed by atoms with van der Waals surface area (Å²) in [6, 6.07) is 12.4. The lowest BCUT2D eigenvalue weighted by molar-refractivity contribution is -0.120. The molecular formula is C18H19N3O2S2. The summed E-state index contributed by atoms with van der Waals surface area (Å²) < 4.78 is 4.92. The molecule has 5 nitrogen and oxygen atoms in total. The van der Waals surface area contributed by atoms with Gasteiger partial charge in [0.2, 0.25) is 5.91 Å². The van der Waals surface area contributed by atoms with Crippen LogP contribution < -0.4 is 5.32 Å². The Morgan fingerprint density at radius 3 is 2.92 bits per heavy atom. The number of carbonyl (C=O) groups excluding carboxylic acids is 1. The fourth-order valence-electron chi connectivity index (χ4n) is 2.31. The average Bonchev–Trinajstić information content (AvgIpc) is 3.08. The molecule has 0 aliphatic carbocycles. The summed E-state index contributed by atoms with van der Waals surface area (Å²) in [5, 5.41) is 4.80. The minimum Gasteiger partial charge on any atom is -0.383 e. The van der Waals surface area contributed by atoms with E-state index in [0.717, 1.165) is 15.2 Å². The highest BCUT2D eigenvalue weighted by Crippen LogP contribution is 2.36. The summed E-state index contributed by atoms with van der Waals surface area (Å²) in [7, 11) is 1.62. The van der Waals surface area contributed by atoms with Crippen molar-refractivity contribution in [3.8, 4) is 10.4 Å². The monoisotopic (exact) mass is 373 g/mol. The van der Waals surface area contributed by atoms with Crippen molar-refractivity contribution in [3.63, 3.8) is 0 Å². The molecule has 0 unspecified atom stereocenters. The fraction of sp³-hybridized carbons (Fsp3) is 0.278. The number of aromatic nitrogens is 2. The Kier molecular flexibility index (Phi) is 6.38. The zero-order valence-electron chi connectivity index (χ0n) is 13.9. The first-order valence-corrected chi connectivity index (χ1v) is 9.76. The minimum atomic E-state index is 0.0325. The van der Waals surface area contributed by atoms with Crippen LogP contribution in [0.25, 0.3) is 20.7 Å². The van der Waals surface area contributed by atoms with Crippen LogP contribution in [0.3, 0.4) is 0 Å². The molecule has 25 heavy (non-hydrogen) atoms. The first-order chi connectivity index (χ1) is 12.3. The number of nitrogens with one attached hydrogen (secondary N) is 1. The van der Waals surface area contributed by atoms with Crippen LogP contribution in [0.4, 0.5) is 0 Å². The Labute approximate surface area is 154 Å². The van der Waals surface area contributed by atoms with Gasteiger partial charge in [-0.1, -0.05) is 30.3 Å². The quantitative estimate of drug-likeness (QED) is 0.371. The number of hydrogen-bond donors (Lipinski definition) is 1. The van der Waals surface area contributed by atoms with E-state index in [0.29, 0.717) is 25.3 Å². The van der Waals surface area contributed by atoms with Gasteiger partial charge in [-0.3, -0.25) is 4.79 Å². The van der Waals surface area contributed by atoms with E-state index in [1.807, 2.05) is 18.2 Å². The SMILES string of the molecule is COCCNC(=O)CCSc1ncnc2sc(-c3ccccc3)cc12. The van der Waals surface area contributed by atoms with Crippen molar-refractivity contribution < 1.29 is 9.53 Å². The Morgan fingerprint density at radius 2 is 2.12 bits per heavy atom. The van der Waals surface area contributed by atoms with Gasteiger partial charge in [0.1, 0.15) is 16.2 Å². The lowest BCUT2D eigenvalue weighted by atomic mass is 10.2. The summed E-state index contributed by atoms with van der Waals surface area (Å²) in [5.41, 5.74) is 1.18. The first kappa shape index (κ1) is 17.8. The van der Waals surface area contributed by atoms with E-state index in [-0.39, 0.29) is 5.91 Å². The molecule has 1 amide bonds. The molecule has 3 aromatic rings. The molecule has 0 radical (unpaired) electrons. The largest absolute Gasteiger partial charge is 0.383 e. The van der Waals surface area contributed by atoms with Crippen molar-refractivity contribution in [3.05, 3.63) is 42.7 Å². The second kappa shape index (κ2) is 8.94. The zero-order valence-corrected chi connectivity index (χ0v) is 15.5. The average molecular weight is 374 g/mol. The van der Waals surface area contributed by atoms with E-state index < -0.39 is 0 Å². The van der Waals surface area contributed by atoms with Gasteiger partial charge in [-0.25, -0.2) is 9.97 Å². The van der Waals surface area contributed by atoms with Crippen LogP contribution in [0.2, 0.25) is 0 Å². The lowest BCUT2D eigenvalue weighted by Gasteiger charge is -2.04. The number of thioether (sulfide) groups is 1. The molecule has 2 heterocycles. The van der Waals surface area contributed by atoms with Crippen molar-refractivity contribution in [2.45, 2.75) is 11.4 Å². The molecule has 130 valence electrons. The number of rotatable bonds is 8. The molecule has 0 aliphatic rings. The molecule has 1 aromatic carbocycles. The molecule has 0 saturated carbocycles. The van der Waals surface area contributed by atoms with Crippen molar-refractivity contribution >= 4 is 39.2 Å². The van der Waals surface area contributed by atoms with Crippen molar-refractivity contribution in [2.24, 2.45) is 0 Å². The van der Waals surface area contributed by atoms with Gasteiger partial charge in [-0.15, -0.1) is 23.1 Å². The van der Waals surface area contributed by atoms with E-state index in [1.54, 1.807) is 36.5 Å². The molecule has 7 heteroatoms. The third-order valence-electron chi connectivity index (χ3n) is 3.55. The summed E-state index contributed by atoms with van der Waals surface area (Å²) in [4.78, 5) is 22.7. The topological polar surface area (TPSA) is 64.1 Å². The first-order valence-electron chi connectivity index (χ1n) is 7.96. The Balaban J connectivity index is 1.66. The van der Waals surface area contributed by atoms with Crippen molar-refractivity contribution in [2.75, 3.05) is 26.0 Å². The van der Waals surface area contributed by atoms with Crippen LogP contribution in [0.1, 0.15) is 6.42 Å². The third kappa shape index (κ3) is 4.78. The van der Waals surface area contributed by atoms with Gasteiger partial charge in [0.25, 0.3) is 0 Å². The van der Waals surface area contributed by atoms with Crippen molar-refractivity contribution in [1.82, 2.24) is 15.3 Å². The van der Waals surface area contributed by atoms with E-state index in [2.05, 4.69) is 33.5 Å². The summed E-state index contributed by atoms with van der Waals surface area (Å²) in [5.74, 6) is 0.715. The highest BCUT2D eigenvalue weighted by atomic mass is 32.2. The fourth-order valence-corrected chi connectivity index (χ4v) is 4.30. The number of amides is 1. The van der Waals surface area contributed by atoms with Gasteiger partial charge in [-0.05, 0) is 11.6 Å². The van der Waals surface area contributed by atoms with Crippen LogP contribution in [-0.2, 0) is 9.53 Å². The molecule has 0 saturated heterocycles. The van der Waals surface area contributed by atoms with Crippen LogP contribution in [-0.4, -0.2) is 41.9 Å². The Bertz CT molecular complexity index is 837. The molecule has 0 bridgehead atoms. The van der Waals surface area contributed by atoms with Gasteiger partial charge >= 0.3 is 0 Å². The third-order valence-corrected chi connectivity index (χ3v) is 5.65. The Hall–Kier alpha value is -1.96. The minimum absolute atomic E-state index is 0.0325. The number of benzene rings is 1. The molecule has 2 aromatic heterocycles. The van der Waals surface area contributed by atoms with Gasteiger partial charge in [0, 0.05) is 36.1 Å². The van der Waals surface area contributed by atoms with E-state index in [1.165, 1.54) is 10.4 Å². The van der Waals surface area contributed by atoms with Crippen LogP contribution in [0.5, 0.6) is 0 Å². The number of carbonyl (C=O) groups is 1. The molecule has 0 atom stereocenters. The predicted octanol–water partition coefficient (Wildman–Crippen LogP) is 3.60. The molecule has 0 fully saturated rings. The van der Waals surface area contributed by atoms with Crippen molar-refractivity contribution in [1.29, 1.82) is 0 Å². The van der Waals surface area contributed by atoms with Crippen LogP contribution >= 0.6 is 23.1 Å².